The average molecular weight is 340 g/mol. The molecule has 4 nitrogen and oxygen atoms in total. The van der Waals surface area contributed by atoms with Crippen molar-refractivity contribution in [2.75, 3.05) is 26.2 Å². The monoisotopic (exact) mass is 340 g/mol. The maximum atomic E-state index is 12.9. The molecule has 1 aliphatic carbocycles. The first kappa shape index (κ1) is 15.8. The summed E-state index contributed by atoms with van der Waals surface area (Å²) >= 11 is 0. The maximum absolute atomic E-state index is 12.9. The minimum atomic E-state index is -0.261. The van der Waals surface area contributed by atoms with Gasteiger partial charge in [-0.1, -0.05) is 37.3 Å². The Morgan fingerprint density at radius 1 is 1.28 bits per heavy atom. The Morgan fingerprint density at radius 2 is 2.08 bits per heavy atom. The van der Waals surface area contributed by atoms with E-state index in [4.69, 9.17) is 4.74 Å². The summed E-state index contributed by atoms with van der Waals surface area (Å²) in [6, 6.07) is 10.3. The Labute approximate surface area is 149 Å². The maximum Gasteiger partial charge on any atom is 0.230 e. The lowest BCUT2D eigenvalue weighted by Crippen LogP contribution is -2.44. The molecule has 4 atom stereocenters. The van der Waals surface area contributed by atoms with Gasteiger partial charge in [-0.2, -0.15) is 0 Å². The van der Waals surface area contributed by atoms with Crippen LogP contribution in [0.1, 0.15) is 38.2 Å². The van der Waals surface area contributed by atoms with E-state index < -0.39 is 0 Å². The van der Waals surface area contributed by atoms with Gasteiger partial charge in [0.05, 0.1) is 17.1 Å². The predicted octanol–water partition coefficient (Wildman–Crippen LogP) is 2.33. The van der Waals surface area contributed by atoms with Gasteiger partial charge in [-0.3, -0.25) is 4.79 Å². The van der Waals surface area contributed by atoms with E-state index in [1.54, 1.807) is 0 Å². The van der Waals surface area contributed by atoms with Gasteiger partial charge in [-0.05, 0) is 37.8 Å². The lowest BCUT2D eigenvalue weighted by molar-refractivity contribution is -0.123. The highest BCUT2D eigenvalue weighted by molar-refractivity contribution is 5.91. The van der Waals surface area contributed by atoms with E-state index in [1.165, 1.54) is 18.4 Å². The molecule has 3 heterocycles. The number of carbonyl (C=O) groups is 1. The Balaban J connectivity index is 1.27. The van der Waals surface area contributed by atoms with Crippen LogP contribution in [0.2, 0.25) is 0 Å². The molecule has 1 saturated carbocycles. The molecule has 1 N–H and O–H groups in total. The minimum absolute atomic E-state index is 0.0900. The zero-order chi connectivity index (χ0) is 17.1. The van der Waals surface area contributed by atoms with Crippen LogP contribution in [-0.2, 0) is 14.9 Å². The number of fused-ring (bicyclic) bond motifs is 1. The second-order valence-corrected chi connectivity index (χ2v) is 8.52. The molecule has 3 saturated heterocycles. The molecule has 4 heteroatoms. The smallest absolute Gasteiger partial charge is 0.230 e. The van der Waals surface area contributed by atoms with Gasteiger partial charge in [0.15, 0.2) is 0 Å². The topological polar surface area (TPSA) is 41.6 Å². The fraction of sp³-hybridized carbons (Fsp3) is 0.667. The lowest BCUT2D eigenvalue weighted by Gasteiger charge is -2.30. The first-order valence-corrected chi connectivity index (χ1v) is 9.91. The van der Waals surface area contributed by atoms with E-state index in [2.05, 4.69) is 29.3 Å². The van der Waals surface area contributed by atoms with Crippen LogP contribution in [0.5, 0.6) is 0 Å². The highest BCUT2D eigenvalue weighted by atomic mass is 16.5. The van der Waals surface area contributed by atoms with Gasteiger partial charge < -0.3 is 15.0 Å². The summed E-state index contributed by atoms with van der Waals surface area (Å²) in [6.45, 7) is 6.34. The number of ether oxygens (including phenoxy) is 1. The predicted molar refractivity (Wildman–Crippen MR) is 96.3 cm³/mol. The van der Waals surface area contributed by atoms with Crippen molar-refractivity contribution in [3.05, 3.63) is 35.9 Å². The van der Waals surface area contributed by atoms with E-state index in [0.717, 1.165) is 39.0 Å². The van der Waals surface area contributed by atoms with Crippen LogP contribution < -0.4 is 5.32 Å². The summed E-state index contributed by atoms with van der Waals surface area (Å²) in [5.41, 5.74) is 1.00. The molecule has 2 bridgehead atoms. The lowest BCUT2D eigenvalue weighted by atomic mass is 9.73. The number of likely N-dealkylation sites (N-methyl/N-ethyl adjacent to an activating group) is 1. The van der Waals surface area contributed by atoms with Crippen LogP contribution in [0.3, 0.4) is 0 Å². The van der Waals surface area contributed by atoms with Gasteiger partial charge in [0.25, 0.3) is 0 Å². The van der Waals surface area contributed by atoms with Crippen LogP contribution >= 0.6 is 0 Å². The summed E-state index contributed by atoms with van der Waals surface area (Å²) < 4.78 is 6.45. The molecule has 1 spiro atoms. The van der Waals surface area contributed by atoms with Gasteiger partial charge in [-0.15, -0.1) is 0 Å². The van der Waals surface area contributed by atoms with Crippen molar-refractivity contribution in [2.24, 2.45) is 11.8 Å². The van der Waals surface area contributed by atoms with Crippen molar-refractivity contribution in [1.29, 1.82) is 0 Å². The van der Waals surface area contributed by atoms with E-state index >= 15 is 0 Å². The van der Waals surface area contributed by atoms with Crippen LogP contribution in [0.15, 0.2) is 30.3 Å². The van der Waals surface area contributed by atoms with Gasteiger partial charge in [0.1, 0.15) is 0 Å². The summed E-state index contributed by atoms with van der Waals surface area (Å²) in [6.07, 6.45) is 4.68. The highest BCUT2D eigenvalue weighted by Crippen LogP contribution is 2.55. The Bertz CT molecular complexity index is 672. The molecule has 0 unspecified atom stereocenters. The minimum Gasteiger partial charge on any atom is -0.370 e. The summed E-state index contributed by atoms with van der Waals surface area (Å²) in [5.74, 6) is 1.31. The molecular formula is C21H28N2O2. The van der Waals surface area contributed by atoms with Crippen molar-refractivity contribution < 1.29 is 9.53 Å². The summed E-state index contributed by atoms with van der Waals surface area (Å²) in [7, 11) is 0. The van der Waals surface area contributed by atoms with E-state index in [1.807, 2.05) is 18.2 Å². The number of likely N-dealkylation sites (tertiary alicyclic amines) is 1. The number of carbonyl (C=O) groups excluding carboxylic acids is 1. The molecule has 134 valence electrons. The Kier molecular flexibility index (Phi) is 3.52. The van der Waals surface area contributed by atoms with Gasteiger partial charge in [0.2, 0.25) is 5.91 Å². The highest BCUT2D eigenvalue weighted by Gasteiger charge is 2.62. The number of nitrogens with one attached hydrogen (secondary N) is 1. The molecule has 5 rings (SSSR count). The first-order chi connectivity index (χ1) is 12.2. The van der Waals surface area contributed by atoms with Crippen molar-refractivity contribution in [3.8, 4) is 0 Å². The molecule has 0 radical (unpaired) electrons. The third-order valence-corrected chi connectivity index (χ3v) is 7.31. The van der Waals surface area contributed by atoms with Gasteiger partial charge >= 0.3 is 0 Å². The second-order valence-electron chi connectivity index (χ2n) is 8.52. The molecule has 25 heavy (non-hydrogen) atoms. The molecule has 1 aromatic carbocycles. The van der Waals surface area contributed by atoms with Gasteiger partial charge in [-0.25, -0.2) is 0 Å². The van der Waals surface area contributed by atoms with Gasteiger partial charge in [0, 0.05) is 31.5 Å². The molecule has 4 fully saturated rings. The number of nitrogens with zero attached hydrogens (tertiary/aromatic N) is 1. The summed E-state index contributed by atoms with van der Waals surface area (Å²) in [5, 5.41) is 3.32. The van der Waals surface area contributed by atoms with Crippen LogP contribution in [0.4, 0.5) is 0 Å². The zero-order valence-electron chi connectivity index (χ0n) is 15.0. The Morgan fingerprint density at radius 3 is 2.80 bits per heavy atom. The van der Waals surface area contributed by atoms with Crippen molar-refractivity contribution in [3.63, 3.8) is 0 Å². The van der Waals surface area contributed by atoms with Crippen molar-refractivity contribution in [2.45, 2.75) is 49.7 Å². The van der Waals surface area contributed by atoms with Crippen molar-refractivity contribution >= 4 is 5.91 Å². The molecule has 4 aliphatic rings. The number of hydrogen-bond donors (Lipinski definition) is 1. The van der Waals surface area contributed by atoms with Crippen LogP contribution in [0.25, 0.3) is 0 Å². The molecule has 0 aromatic heterocycles. The number of benzene rings is 1. The van der Waals surface area contributed by atoms with E-state index in [9.17, 15) is 4.79 Å². The normalized spacial score (nSPS) is 37.9. The van der Waals surface area contributed by atoms with Crippen molar-refractivity contribution in [1.82, 2.24) is 10.2 Å². The molecule has 1 aromatic rings. The Hall–Kier alpha value is -1.39. The number of amides is 1. The van der Waals surface area contributed by atoms with E-state index in [0.29, 0.717) is 17.9 Å². The number of rotatable bonds is 5. The largest absolute Gasteiger partial charge is 0.370 e. The quantitative estimate of drug-likeness (QED) is 0.894. The zero-order valence-corrected chi connectivity index (χ0v) is 15.0. The summed E-state index contributed by atoms with van der Waals surface area (Å²) in [4.78, 5) is 15.5. The third kappa shape index (κ3) is 2.30. The molecule has 1 amide bonds. The van der Waals surface area contributed by atoms with Crippen LogP contribution in [0, 0.1) is 11.8 Å². The SMILES string of the molecule is CCN1C[C@@H]2[C@H](CNC(=O)C3(c4ccccc4)CC3)[C@H]3CC[C@]2(C1)O3. The first-order valence-electron chi connectivity index (χ1n) is 9.91. The molecule has 3 aliphatic heterocycles. The second kappa shape index (κ2) is 5.55. The number of hydrogen-bond acceptors (Lipinski definition) is 3. The van der Waals surface area contributed by atoms with Crippen LogP contribution in [-0.4, -0.2) is 48.7 Å². The standard InChI is InChI=1S/C21H28N2O2/c1-2-23-13-17-16(18-8-9-21(17,14-23)25-18)12-22-19(24)20(10-11-20)15-6-4-3-5-7-15/h3-7,16-18H,2,8-14H2,1H3,(H,22,24)/t16-,17+,18+,21+/m0/s1. The van der Waals surface area contributed by atoms with E-state index in [-0.39, 0.29) is 16.9 Å². The third-order valence-electron chi connectivity index (χ3n) is 7.31. The molecular weight excluding hydrogens is 312 g/mol. The average Bonchev–Trinajstić information content (AvgIpc) is 3.12. The fourth-order valence-electron chi connectivity index (χ4n) is 5.71. The fourth-order valence-corrected chi connectivity index (χ4v) is 5.71.